The molecule has 16 heavy (non-hydrogen) atoms. The molecule has 1 heterocycles. The highest BCUT2D eigenvalue weighted by Gasteiger charge is 2.38. The van der Waals surface area contributed by atoms with Crippen molar-refractivity contribution < 1.29 is 9.50 Å². The van der Waals surface area contributed by atoms with E-state index < -0.39 is 5.67 Å². The zero-order valence-corrected chi connectivity index (χ0v) is 9.54. The van der Waals surface area contributed by atoms with E-state index >= 15 is 0 Å². The van der Waals surface area contributed by atoms with E-state index in [9.17, 15) is 9.50 Å². The van der Waals surface area contributed by atoms with Crippen molar-refractivity contribution >= 4 is 0 Å². The molecule has 1 aromatic carbocycles. The van der Waals surface area contributed by atoms with Crippen molar-refractivity contribution in [3.8, 4) is 5.75 Å². The van der Waals surface area contributed by atoms with Gasteiger partial charge in [0.1, 0.15) is 5.75 Å². The number of phenolic OH excluding ortho intramolecular Hbond substituents is 1. The summed E-state index contributed by atoms with van der Waals surface area (Å²) < 4.78 is 14.7. The third-order valence-corrected chi connectivity index (χ3v) is 3.40. The van der Waals surface area contributed by atoms with E-state index in [2.05, 4.69) is 5.32 Å². The zero-order valence-electron chi connectivity index (χ0n) is 9.54. The first-order chi connectivity index (χ1) is 7.62. The first-order valence-corrected chi connectivity index (χ1v) is 5.83. The Labute approximate surface area is 95.5 Å². The summed E-state index contributed by atoms with van der Waals surface area (Å²) in [5, 5.41) is 12.9. The first-order valence-electron chi connectivity index (χ1n) is 5.83. The summed E-state index contributed by atoms with van der Waals surface area (Å²) >= 11 is 0. The number of nitrogens with one attached hydrogen (secondary N) is 1. The molecular formula is C13H18FNO. The van der Waals surface area contributed by atoms with Crippen LogP contribution >= 0.6 is 0 Å². The molecule has 88 valence electrons. The number of hydrogen-bond donors (Lipinski definition) is 2. The minimum atomic E-state index is -1.51. The maximum absolute atomic E-state index is 14.7. The Hall–Kier alpha value is -1.09. The van der Waals surface area contributed by atoms with Gasteiger partial charge in [0, 0.05) is 11.6 Å². The van der Waals surface area contributed by atoms with Crippen molar-refractivity contribution in [3.05, 3.63) is 29.8 Å². The molecule has 3 heteroatoms. The number of halogens is 1. The second kappa shape index (κ2) is 4.42. The topological polar surface area (TPSA) is 32.3 Å². The molecule has 0 radical (unpaired) electrons. The first kappa shape index (κ1) is 11.4. The van der Waals surface area contributed by atoms with Gasteiger partial charge in [0.15, 0.2) is 5.67 Å². The van der Waals surface area contributed by atoms with Gasteiger partial charge in [0.2, 0.25) is 0 Å². The Balaban J connectivity index is 2.26. The monoisotopic (exact) mass is 223 g/mol. The molecular weight excluding hydrogens is 205 g/mol. The predicted octanol–water partition coefficient (Wildman–Crippen LogP) is 2.72. The quantitative estimate of drug-likeness (QED) is 0.808. The van der Waals surface area contributed by atoms with Crippen LogP contribution in [0.25, 0.3) is 0 Å². The Morgan fingerprint density at radius 2 is 2.12 bits per heavy atom. The lowest BCUT2D eigenvalue weighted by atomic mass is 9.85. The van der Waals surface area contributed by atoms with Crippen molar-refractivity contribution in [1.82, 2.24) is 5.32 Å². The van der Waals surface area contributed by atoms with Crippen molar-refractivity contribution in [2.45, 2.75) is 37.9 Å². The van der Waals surface area contributed by atoms with Gasteiger partial charge in [-0.25, -0.2) is 4.39 Å². The normalized spacial score (nSPS) is 25.0. The molecule has 2 unspecified atom stereocenters. The Kier molecular flexibility index (Phi) is 3.15. The largest absolute Gasteiger partial charge is 0.508 e. The lowest BCUT2D eigenvalue weighted by Gasteiger charge is -2.34. The highest BCUT2D eigenvalue weighted by molar-refractivity contribution is 5.37. The second-order valence-electron chi connectivity index (χ2n) is 4.60. The molecule has 0 amide bonds. The molecule has 0 aromatic heterocycles. The fourth-order valence-corrected chi connectivity index (χ4v) is 2.39. The molecule has 0 aliphatic carbocycles. The SMILES string of the molecule is CC(F)(c1ccccc1O)C1CCCCN1. The number of aromatic hydroxyl groups is 1. The van der Waals surface area contributed by atoms with E-state index in [1.807, 2.05) is 0 Å². The van der Waals surface area contributed by atoms with Gasteiger partial charge in [0.05, 0.1) is 0 Å². The molecule has 0 saturated carbocycles. The number of piperidine rings is 1. The summed E-state index contributed by atoms with van der Waals surface area (Å²) in [5.41, 5.74) is -1.12. The van der Waals surface area contributed by atoms with Gasteiger partial charge in [-0.3, -0.25) is 0 Å². The van der Waals surface area contributed by atoms with Crippen molar-refractivity contribution in [2.75, 3.05) is 6.54 Å². The number of alkyl halides is 1. The molecule has 2 nitrogen and oxygen atoms in total. The van der Waals surface area contributed by atoms with Crippen molar-refractivity contribution in [2.24, 2.45) is 0 Å². The van der Waals surface area contributed by atoms with Crippen molar-refractivity contribution in [1.29, 1.82) is 0 Å². The van der Waals surface area contributed by atoms with E-state index in [4.69, 9.17) is 0 Å². The van der Waals surface area contributed by atoms with Crippen molar-refractivity contribution in [3.63, 3.8) is 0 Å². The zero-order chi connectivity index (χ0) is 11.6. The summed E-state index contributed by atoms with van der Waals surface area (Å²) in [6.45, 7) is 2.41. The van der Waals surface area contributed by atoms with E-state index in [0.29, 0.717) is 5.56 Å². The summed E-state index contributed by atoms with van der Waals surface area (Å²) in [7, 11) is 0. The lowest BCUT2D eigenvalue weighted by Crippen LogP contribution is -2.46. The van der Waals surface area contributed by atoms with E-state index in [1.165, 1.54) is 6.07 Å². The van der Waals surface area contributed by atoms with Gasteiger partial charge in [-0.2, -0.15) is 0 Å². The van der Waals surface area contributed by atoms with Crippen LogP contribution in [0.15, 0.2) is 24.3 Å². The molecule has 2 rings (SSSR count). The van der Waals surface area contributed by atoms with E-state index in [1.54, 1.807) is 25.1 Å². The smallest absolute Gasteiger partial charge is 0.151 e. The molecule has 0 bridgehead atoms. The number of para-hydroxylation sites is 1. The average Bonchev–Trinajstić information content (AvgIpc) is 2.30. The lowest BCUT2D eigenvalue weighted by molar-refractivity contribution is 0.104. The number of hydrogen-bond acceptors (Lipinski definition) is 2. The molecule has 1 saturated heterocycles. The van der Waals surface area contributed by atoms with Gasteiger partial charge < -0.3 is 10.4 Å². The van der Waals surface area contributed by atoms with Gasteiger partial charge >= 0.3 is 0 Å². The standard InChI is InChI=1S/C13H18FNO/c1-13(14,12-8-4-5-9-15-12)10-6-2-3-7-11(10)16/h2-3,6-7,12,15-16H,4-5,8-9H2,1H3. The minimum Gasteiger partial charge on any atom is -0.508 e. The van der Waals surface area contributed by atoms with Gasteiger partial charge in [-0.1, -0.05) is 24.6 Å². The Morgan fingerprint density at radius 1 is 1.38 bits per heavy atom. The highest BCUT2D eigenvalue weighted by atomic mass is 19.1. The third-order valence-electron chi connectivity index (χ3n) is 3.40. The number of benzene rings is 1. The molecule has 1 fully saturated rings. The van der Waals surface area contributed by atoms with Gasteiger partial charge in [-0.15, -0.1) is 0 Å². The fraction of sp³-hybridized carbons (Fsp3) is 0.538. The summed E-state index contributed by atoms with van der Waals surface area (Å²) in [4.78, 5) is 0. The van der Waals surface area contributed by atoms with Crippen LogP contribution < -0.4 is 5.32 Å². The molecule has 1 aromatic rings. The van der Waals surface area contributed by atoms with Crippen LogP contribution in [0, 0.1) is 0 Å². The van der Waals surface area contributed by atoms with Crippen LogP contribution in [0.1, 0.15) is 31.7 Å². The molecule has 1 aliphatic heterocycles. The molecule has 0 spiro atoms. The van der Waals surface area contributed by atoms with Crippen LogP contribution in [0.5, 0.6) is 5.75 Å². The minimum absolute atomic E-state index is 0.0415. The fourth-order valence-electron chi connectivity index (χ4n) is 2.39. The predicted molar refractivity (Wildman–Crippen MR) is 62.2 cm³/mol. The molecule has 1 aliphatic rings. The maximum atomic E-state index is 14.7. The van der Waals surface area contributed by atoms with Gasteiger partial charge in [0.25, 0.3) is 0 Å². The maximum Gasteiger partial charge on any atom is 0.151 e. The number of rotatable bonds is 2. The molecule has 2 N–H and O–H groups in total. The van der Waals surface area contributed by atoms with Crippen LogP contribution in [-0.4, -0.2) is 17.7 Å². The number of phenols is 1. The van der Waals surface area contributed by atoms with E-state index in [-0.39, 0.29) is 11.8 Å². The van der Waals surface area contributed by atoms with Crippen LogP contribution in [0.4, 0.5) is 4.39 Å². The Morgan fingerprint density at radius 3 is 2.75 bits per heavy atom. The van der Waals surface area contributed by atoms with Crippen LogP contribution in [0.2, 0.25) is 0 Å². The third kappa shape index (κ3) is 2.05. The summed E-state index contributed by atoms with van der Waals surface area (Å²) in [5.74, 6) is 0.0415. The van der Waals surface area contributed by atoms with Gasteiger partial charge in [-0.05, 0) is 32.4 Å². The summed E-state index contributed by atoms with van der Waals surface area (Å²) in [6, 6.07) is 6.47. The second-order valence-corrected chi connectivity index (χ2v) is 4.60. The van der Waals surface area contributed by atoms with Crippen LogP contribution in [-0.2, 0) is 5.67 Å². The van der Waals surface area contributed by atoms with Crippen LogP contribution in [0.3, 0.4) is 0 Å². The highest BCUT2D eigenvalue weighted by Crippen LogP contribution is 2.37. The Bertz CT molecular complexity index is 359. The van der Waals surface area contributed by atoms with E-state index in [0.717, 1.165) is 25.8 Å². The molecule has 2 atom stereocenters. The summed E-state index contributed by atoms with van der Waals surface area (Å²) in [6.07, 6.45) is 2.97. The average molecular weight is 223 g/mol.